The molecule has 6 heteroatoms. The molecule has 2 nitrogen and oxygen atoms in total. The first kappa shape index (κ1) is 15.1. The highest BCUT2D eigenvalue weighted by atomic mass is 79.9. The fourth-order valence-corrected chi connectivity index (χ4v) is 3.54. The van der Waals surface area contributed by atoms with E-state index in [1.165, 1.54) is 0 Å². The van der Waals surface area contributed by atoms with Gasteiger partial charge in [0.05, 0.1) is 11.3 Å². The summed E-state index contributed by atoms with van der Waals surface area (Å²) in [5.74, 6) is -0.204. The number of thiol groups is 1. The van der Waals surface area contributed by atoms with Crippen LogP contribution in [0.3, 0.4) is 0 Å². The molecular formula is C13H8Br3NOS. The Labute approximate surface area is 141 Å². The number of carbonyl (C=O) groups excluding carboxylic acids is 1. The maximum Gasteiger partial charge on any atom is 0.256 e. The van der Waals surface area contributed by atoms with Gasteiger partial charge in [-0.2, -0.15) is 0 Å². The first-order chi connectivity index (χ1) is 8.99. The molecule has 2 rings (SSSR count). The monoisotopic (exact) mass is 463 g/mol. The standard InChI is InChI=1S/C13H8Br3NOS/c14-7-4-5-8(11(19)6-7)13(18)17-12-9(15)2-1-3-10(12)16/h1-6,19H,(H,17,18). The molecule has 2 aromatic rings. The van der Waals surface area contributed by atoms with E-state index in [0.29, 0.717) is 16.1 Å². The van der Waals surface area contributed by atoms with Crippen LogP contribution in [0.2, 0.25) is 0 Å². The lowest BCUT2D eigenvalue weighted by Crippen LogP contribution is -2.13. The third-order valence-corrected chi connectivity index (χ3v) is 4.59. The summed E-state index contributed by atoms with van der Waals surface area (Å²) < 4.78 is 2.51. The Morgan fingerprint density at radius 2 is 1.68 bits per heavy atom. The van der Waals surface area contributed by atoms with Crippen molar-refractivity contribution in [1.82, 2.24) is 0 Å². The van der Waals surface area contributed by atoms with Crippen molar-refractivity contribution in [3.05, 3.63) is 55.4 Å². The SMILES string of the molecule is O=C(Nc1c(Br)cccc1Br)c1ccc(Br)cc1S. The molecule has 1 N–H and O–H groups in total. The highest BCUT2D eigenvalue weighted by Gasteiger charge is 2.13. The van der Waals surface area contributed by atoms with Crippen LogP contribution in [0.4, 0.5) is 5.69 Å². The van der Waals surface area contributed by atoms with Gasteiger partial charge in [0.1, 0.15) is 0 Å². The summed E-state index contributed by atoms with van der Waals surface area (Å²) in [7, 11) is 0. The summed E-state index contributed by atoms with van der Waals surface area (Å²) in [6.07, 6.45) is 0. The average molecular weight is 466 g/mol. The number of para-hydroxylation sites is 1. The van der Waals surface area contributed by atoms with Gasteiger partial charge in [0, 0.05) is 18.3 Å². The van der Waals surface area contributed by atoms with E-state index in [2.05, 4.69) is 65.7 Å². The Morgan fingerprint density at radius 1 is 1.05 bits per heavy atom. The first-order valence-electron chi connectivity index (χ1n) is 5.23. The van der Waals surface area contributed by atoms with E-state index in [1.54, 1.807) is 12.1 Å². The lowest BCUT2D eigenvalue weighted by Gasteiger charge is -2.11. The third-order valence-electron chi connectivity index (χ3n) is 2.41. The van der Waals surface area contributed by atoms with Crippen molar-refractivity contribution in [3.8, 4) is 0 Å². The molecule has 0 radical (unpaired) electrons. The molecule has 0 spiro atoms. The average Bonchev–Trinajstić information content (AvgIpc) is 2.33. The van der Waals surface area contributed by atoms with Crippen LogP contribution in [0.25, 0.3) is 0 Å². The minimum absolute atomic E-state index is 0.204. The molecule has 19 heavy (non-hydrogen) atoms. The van der Waals surface area contributed by atoms with Crippen molar-refractivity contribution < 1.29 is 4.79 Å². The predicted molar refractivity (Wildman–Crippen MR) is 91.2 cm³/mol. The Kier molecular flexibility index (Phi) is 5.11. The molecular weight excluding hydrogens is 458 g/mol. The molecule has 0 unspecified atom stereocenters. The highest BCUT2D eigenvalue weighted by molar-refractivity contribution is 9.11. The normalized spacial score (nSPS) is 10.3. The molecule has 1 amide bonds. The quantitative estimate of drug-likeness (QED) is 0.562. The summed E-state index contributed by atoms with van der Waals surface area (Å²) in [6, 6.07) is 10.9. The number of halogens is 3. The van der Waals surface area contributed by atoms with Crippen molar-refractivity contribution in [2.75, 3.05) is 5.32 Å². The maximum atomic E-state index is 12.2. The van der Waals surface area contributed by atoms with E-state index in [-0.39, 0.29) is 5.91 Å². The van der Waals surface area contributed by atoms with Crippen LogP contribution in [-0.2, 0) is 0 Å². The molecule has 0 aliphatic heterocycles. The van der Waals surface area contributed by atoms with Gasteiger partial charge in [0.25, 0.3) is 5.91 Å². The minimum Gasteiger partial charge on any atom is -0.320 e. The van der Waals surface area contributed by atoms with Crippen LogP contribution in [0.1, 0.15) is 10.4 Å². The van der Waals surface area contributed by atoms with E-state index < -0.39 is 0 Å². The zero-order valence-corrected chi connectivity index (χ0v) is 15.1. The lowest BCUT2D eigenvalue weighted by molar-refractivity contribution is 0.102. The number of rotatable bonds is 2. The van der Waals surface area contributed by atoms with Gasteiger partial charge < -0.3 is 5.32 Å². The minimum atomic E-state index is -0.204. The summed E-state index contributed by atoms with van der Waals surface area (Å²) in [5.41, 5.74) is 1.22. The van der Waals surface area contributed by atoms with Crippen LogP contribution in [0.15, 0.2) is 54.7 Å². The van der Waals surface area contributed by atoms with Gasteiger partial charge in [0.2, 0.25) is 0 Å². The van der Waals surface area contributed by atoms with Gasteiger partial charge in [-0.15, -0.1) is 12.6 Å². The lowest BCUT2D eigenvalue weighted by atomic mass is 10.2. The van der Waals surface area contributed by atoms with Crippen molar-refractivity contribution in [2.24, 2.45) is 0 Å². The number of carbonyl (C=O) groups is 1. The Balaban J connectivity index is 2.31. The maximum absolute atomic E-state index is 12.2. The Morgan fingerprint density at radius 3 is 2.26 bits per heavy atom. The van der Waals surface area contributed by atoms with E-state index in [1.807, 2.05) is 24.3 Å². The van der Waals surface area contributed by atoms with Crippen LogP contribution >= 0.6 is 60.4 Å². The molecule has 0 aromatic heterocycles. The second kappa shape index (κ2) is 6.43. The Hall–Kier alpha value is -0.300. The number of hydrogen-bond acceptors (Lipinski definition) is 2. The summed E-state index contributed by atoms with van der Waals surface area (Å²) >= 11 is 14.5. The van der Waals surface area contributed by atoms with Crippen molar-refractivity contribution in [2.45, 2.75) is 4.90 Å². The second-order valence-corrected chi connectivity index (χ2v) is 6.82. The van der Waals surface area contributed by atoms with Crippen molar-refractivity contribution >= 4 is 72.0 Å². The summed E-state index contributed by atoms with van der Waals surface area (Å²) in [5, 5.41) is 2.86. The molecule has 98 valence electrons. The molecule has 0 saturated carbocycles. The molecule has 0 aliphatic rings. The molecule has 0 bridgehead atoms. The van der Waals surface area contributed by atoms with Crippen LogP contribution in [0.5, 0.6) is 0 Å². The fourth-order valence-electron chi connectivity index (χ4n) is 1.49. The highest BCUT2D eigenvalue weighted by Crippen LogP contribution is 2.31. The fraction of sp³-hybridized carbons (Fsp3) is 0. The van der Waals surface area contributed by atoms with E-state index in [9.17, 15) is 4.79 Å². The molecule has 0 aliphatic carbocycles. The van der Waals surface area contributed by atoms with Gasteiger partial charge in [0.15, 0.2) is 0 Å². The molecule has 2 aromatic carbocycles. The second-order valence-electron chi connectivity index (χ2n) is 3.71. The van der Waals surface area contributed by atoms with E-state index in [0.717, 1.165) is 13.4 Å². The first-order valence-corrected chi connectivity index (χ1v) is 8.05. The van der Waals surface area contributed by atoms with Crippen LogP contribution in [0, 0.1) is 0 Å². The van der Waals surface area contributed by atoms with Crippen molar-refractivity contribution in [3.63, 3.8) is 0 Å². The zero-order valence-electron chi connectivity index (χ0n) is 9.45. The van der Waals surface area contributed by atoms with Gasteiger partial charge in [-0.1, -0.05) is 22.0 Å². The zero-order chi connectivity index (χ0) is 14.0. The number of hydrogen-bond donors (Lipinski definition) is 2. The number of nitrogens with one attached hydrogen (secondary N) is 1. The molecule has 0 saturated heterocycles. The van der Waals surface area contributed by atoms with Crippen molar-refractivity contribution in [1.29, 1.82) is 0 Å². The number of benzene rings is 2. The smallest absolute Gasteiger partial charge is 0.256 e. The molecule has 0 fully saturated rings. The van der Waals surface area contributed by atoms with Crippen LogP contribution < -0.4 is 5.32 Å². The predicted octanol–water partition coefficient (Wildman–Crippen LogP) is 5.52. The molecule has 0 atom stereocenters. The summed E-state index contributed by atoms with van der Waals surface area (Å²) in [6.45, 7) is 0. The van der Waals surface area contributed by atoms with E-state index >= 15 is 0 Å². The third kappa shape index (κ3) is 3.62. The number of amides is 1. The number of anilines is 1. The van der Waals surface area contributed by atoms with Gasteiger partial charge in [-0.05, 0) is 62.2 Å². The Bertz CT molecular complexity index is 626. The summed E-state index contributed by atoms with van der Waals surface area (Å²) in [4.78, 5) is 12.9. The van der Waals surface area contributed by atoms with Gasteiger partial charge in [-0.25, -0.2) is 0 Å². The van der Waals surface area contributed by atoms with Crippen LogP contribution in [-0.4, -0.2) is 5.91 Å². The topological polar surface area (TPSA) is 29.1 Å². The van der Waals surface area contributed by atoms with Gasteiger partial charge >= 0.3 is 0 Å². The van der Waals surface area contributed by atoms with Gasteiger partial charge in [-0.3, -0.25) is 4.79 Å². The largest absolute Gasteiger partial charge is 0.320 e. The molecule has 0 heterocycles. The van der Waals surface area contributed by atoms with E-state index in [4.69, 9.17) is 0 Å².